The molecule has 1 N–H and O–H groups in total. The molecule has 0 aliphatic carbocycles. The van der Waals surface area contributed by atoms with E-state index in [0.29, 0.717) is 70.3 Å². The Hall–Kier alpha value is -4.39. The zero-order valence-corrected chi connectivity index (χ0v) is 33.9. The van der Waals surface area contributed by atoms with Gasteiger partial charge in [-0.3, -0.25) is 4.90 Å². The molecule has 0 radical (unpaired) electrons. The van der Waals surface area contributed by atoms with Gasteiger partial charge in [-0.05, 0) is 79.4 Å². The minimum atomic E-state index is -2.30. The number of piperidine rings is 1. The van der Waals surface area contributed by atoms with Crippen molar-refractivity contribution < 1.29 is 23.0 Å². The number of benzene rings is 2. The van der Waals surface area contributed by atoms with Crippen LogP contribution < -0.4 is 9.64 Å². The molecule has 12 heteroatoms. The summed E-state index contributed by atoms with van der Waals surface area (Å²) < 4.78 is 54.5. The van der Waals surface area contributed by atoms with Gasteiger partial charge in [0, 0.05) is 37.0 Å². The Bertz CT molecular complexity index is 2230. The molecule has 290 valence electrons. The molecule has 0 bridgehead atoms. The predicted molar refractivity (Wildman–Crippen MR) is 214 cm³/mol. The van der Waals surface area contributed by atoms with E-state index in [2.05, 4.69) is 69.0 Å². The van der Waals surface area contributed by atoms with E-state index >= 15 is 8.78 Å². The fourth-order valence-corrected chi connectivity index (χ4v) is 15.2. The quantitative estimate of drug-likeness (QED) is 0.140. The number of hydrogen-bond donors (Lipinski definition) is 1. The highest BCUT2D eigenvalue weighted by Crippen LogP contribution is 2.44. The predicted octanol–water partition coefficient (Wildman–Crippen LogP) is 9.40. The van der Waals surface area contributed by atoms with Gasteiger partial charge in [0.05, 0.1) is 34.2 Å². The summed E-state index contributed by atoms with van der Waals surface area (Å²) in [6.45, 7) is 17.2. The van der Waals surface area contributed by atoms with Crippen LogP contribution in [0.4, 0.5) is 19.0 Å². The van der Waals surface area contributed by atoms with Crippen LogP contribution in [-0.4, -0.2) is 77.5 Å². The average Bonchev–Trinajstić information content (AvgIpc) is 3.67. The first kappa shape index (κ1) is 38.9. The minimum absolute atomic E-state index is 0.0384. The molecule has 3 aliphatic rings. The standard InChI is InChI=1S/C43H51F3N6O2Si/c1-25(2)55(26(3)4,27(5)6)17-13-33-35(45)12-11-30-18-32(53)19-34(37(30)33)39-38(46)40-36(28(7)48-39)41(51-15-8-10-29(21-47)22-51)50-42(49-40)54-24-43-14-9-16-52(43)23-31(44)20-43/h11-12,18-19,25-27,29,31,53H,8-10,14-16,20,22-24H2,1-7H3/t29?,31-,43+/m1/s1. The van der Waals surface area contributed by atoms with Crippen molar-refractivity contribution in [2.24, 2.45) is 5.92 Å². The van der Waals surface area contributed by atoms with E-state index in [0.717, 1.165) is 32.2 Å². The van der Waals surface area contributed by atoms with E-state index in [4.69, 9.17) is 14.7 Å². The molecule has 0 saturated carbocycles. The SMILES string of the molecule is Cc1nc(-c2cc(O)cc3ccc(F)c(C#C[Si](C(C)C)(C(C)C)C(C)C)c23)c(F)c2nc(OC[C@@]34CCCN3C[C@H](F)C4)nc(N3CCCC(C#N)C3)c12. The number of anilines is 1. The van der Waals surface area contributed by atoms with Crippen molar-refractivity contribution >= 4 is 35.6 Å². The first-order valence-electron chi connectivity index (χ1n) is 19.7. The fraction of sp³-hybridized carbons (Fsp3) is 0.535. The van der Waals surface area contributed by atoms with Gasteiger partial charge < -0.3 is 14.7 Å². The first-order valence-corrected chi connectivity index (χ1v) is 21.9. The third-order valence-corrected chi connectivity index (χ3v) is 18.9. The van der Waals surface area contributed by atoms with Crippen molar-refractivity contribution in [3.63, 3.8) is 0 Å². The van der Waals surface area contributed by atoms with Crippen molar-refractivity contribution in [3.05, 3.63) is 47.2 Å². The largest absolute Gasteiger partial charge is 0.508 e. The number of fused-ring (bicyclic) bond motifs is 3. The van der Waals surface area contributed by atoms with Crippen molar-refractivity contribution in [3.8, 4) is 40.6 Å². The zero-order valence-electron chi connectivity index (χ0n) is 32.9. The number of phenols is 1. The molecule has 3 fully saturated rings. The van der Waals surface area contributed by atoms with Gasteiger partial charge in [-0.15, -0.1) is 5.54 Å². The second-order valence-electron chi connectivity index (χ2n) is 16.9. The van der Waals surface area contributed by atoms with E-state index in [1.165, 1.54) is 18.2 Å². The van der Waals surface area contributed by atoms with Gasteiger partial charge in [-0.25, -0.2) is 18.2 Å². The van der Waals surface area contributed by atoms with Gasteiger partial charge in [0.25, 0.3) is 0 Å². The van der Waals surface area contributed by atoms with Crippen molar-refractivity contribution in [2.75, 3.05) is 37.7 Å². The Labute approximate surface area is 323 Å². The molecule has 4 aromatic rings. The van der Waals surface area contributed by atoms with Crippen LogP contribution in [0.2, 0.25) is 16.6 Å². The van der Waals surface area contributed by atoms with Crippen LogP contribution in [0, 0.1) is 47.3 Å². The number of aryl methyl sites for hydroxylation is 1. The molecule has 8 nitrogen and oxygen atoms in total. The number of aromatic hydroxyl groups is 1. The van der Waals surface area contributed by atoms with Crippen LogP contribution in [0.3, 0.4) is 0 Å². The molecule has 0 amide bonds. The molecule has 1 unspecified atom stereocenters. The number of alkyl halides is 1. The molecule has 3 atom stereocenters. The van der Waals surface area contributed by atoms with Gasteiger partial charge >= 0.3 is 6.01 Å². The molecule has 3 aliphatic heterocycles. The summed E-state index contributed by atoms with van der Waals surface area (Å²) in [5.41, 5.74) is 4.67. The zero-order chi connectivity index (χ0) is 39.4. The lowest BCUT2D eigenvalue weighted by molar-refractivity contribution is 0.107. The van der Waals surface area contributed by atoms with Crippen LogP contribution in [0.25, 0.3) is 32.9 Å². The lowest BCUT2D eigenvalue weighted by Gasteiger charge is -2.38. The third kappa shape index (κ3) is 6.80. The molecule has 7 rings (SSSR count). The van der Waals surface area contributed by atoms with Crippen LogP contribution in [0.1, 0.15) is 84.9 Å². The monoisotopic (exact) mass is 768 g/mol. The van der Waals surface area contributed by atoms with Gasteiger partial charge in [-0.1, -0.05) is 53.5 Å². The summed E-state index contributed by atoms with van der Waals surface area (Å²) in [7, 11) is -2.30. The Kier molecular flexibility index (Phi) is 10.5. The maximum Gasteiger partial charge on any atom is 0.319 e. The molecule has 5 heterocycles. The lowest BCUT2D eigenvalue weighted by Crippen LogP contribution is -2.43. The number of hydrogen-bond acceptors (Lipinski definition) is 8. The number of aromatic nitrogens is 3. The molecule has 0 spiro atoms. The molecular weight excluding hydrogens is 718 g/mol. The van der Waals surface area contributed by atoms with Crippen LogP contribution in [0.15, 0.2) is 24.3 Å². The number of nitriles is 1. The van der Waals surface area contributed by atoms with Crippen molar-refractivity contribution in [1.29, 1.82) is 5.26 Å². The Morgan fingerprint density at radius 2 is 1.75 bits per heavy atom. The smallest absolute Gasteiger partial charge is 0.319 e. The summed E-state index contributed by atoms with van der Waals surface area (Å²) in [5.74, 6) is 2.01. The molecular formula is C43H51F3N6O2Si. The average molecular weight is 769 g/mol. The number of ether oxygens (including phenoxy) is 1. The number of nitrogens with zero attached hydrogens (tertiary/aromatic N) is 6. The normalized spacial score (nSPS) is 21.8. The maximum atomic E-state index is 17.5. The number of rotatable bonds is 8. The topological polar surface area (TPSA) is 98.4 Å². The van der Waals surface area contributed by atoms with Gasteiger partial charge in [0.2, 0.25) is 0 Å². The third-order valence-electron chi connectivity index (χ3n) is 12.6. The highest BCUT2D eigenvalue weighted by Gasteiger charge is 2.49. The molecule has 2 aromatic carbocycles. The summed E-state index contributed by atoms with van der Waals surface area (Å²) in [6.07, 6.45) is 2.63. The van der Waals surface area contributed by atoms with E-state index in [9.17, 15) is 14.8 Å². The Morgan fingerprint density at radius 1 is 1.00 bits per heavy atom. The second kappa shape index (κ2) is 14.9. The molecule has 55 heavy (non-hydrogen) atoms. The van der Waals surface area contributed by atoms with Crippen molar-refractivity contribution in [2.45, 2.75) is 109 Å². The van der Waals surface area contributed by atoms with E-state index in [1.807, 2.05) is 4.90 Å². The highest BCUT2D eigenvalue weighted by molar-refractivity contribution is 6.90. The summed E-state index contributed by atoms with van der Waals surface area (Å²) in [4.78, 5) is 18.4. The Balaban J connectivity index is 1.43. The van der Waals surface area contributed by atoms with Crippen molar-refractivity contribution in [1.82, 2.24) is 19.9 Å². The number of halogens is 3. The van der Waals surface area contributed by atoms with E-state index in [1.54, 1.807) is 13.0 Å². The second-order valence-corrected chi connectivity index (χ2v) is 22.4. The minimum Gasteiger partial charge on any atom is -0.508 e. The van der Waals surface area contributed by atoms with Crippen LogP contribution in [-0.2, 0) is 0 Å². The van der Waals surface area contributed by atoms with Gasteiger partial charge in [0.1, 0.15) is 49.4 Å². The molecule has 2 aromatic heterocycles. The van der Waals surface area contributed by atoms with Gasteiger partial charge in [0.15, 0.2) is 5.82 Å². The van der Waals surface area contributed by atoms with Crippen LogP contribution in [0.5, 0.6) is 11.8 Å². The summed E-state index contributed by atoms with van der Waals surface area (Å²) >= 11 is 0. The molecule has 3 saturated heterocycles. The fourth-order valence-electron chi connectivity index (χ4n) is 10.0. The maximum absolute atomic E-state index is 17.5. The Morgan fingerprint density at radius 3 is 2.45 bits per heavy atom. The van der Waals surface area contributed by atoms with E-state index < -0.39 is 31.4 Å². The highest BCUT2D eigenvalue weighted by atomic mass is 28.3. The summed E-state index contributed by atoms with van der Waals surface area (Å²) in [5, 5.41) is 22.0. The lowest BCUT2D eigenvalue weighted by atomic mass is 9.95. The first-order chi connectivity index (χ1) is 26.2. The van der Waals surface area contributed by atoms with Gasteiger partial charge in [-0.2, -0.15) is 15.2 Å². The summed E-state index contributed by atoms with van der Waals surface area (Å²) in [6, 6.07) is 8.16. The number of pyridine rings is 1. The number of phenolic OH excluding ortho intramolecular Hbond substituents is 1. The van der Waals surface area contributed by atoms with E-state index in [-0.39, 0.29) is 46.6 Å². The van der Waals surface area contributed by atoms with Crippen LogP contribution >= 0.6 is 0 Å².